The average Bonchev–Trinajstić information content (AvgIpc) is 2.74. The van der Waals surface area contributed by atoms with E-state index in [4.69, 9.17) is 16.3 Å². The molecule has 5 heteroatoms. The Balaban J connectivity index is 2.63. The van der Waals surface area contributed by atoms with E-state index in [1.807, 2.05) is 6.92 Å². The van der Waals surface area contributed by atoms with E-state index in [0.717, 1.165) is 5.69 Å². The third-order valence-corrected chi connectivity index (χ3v) is 3.65. The van der Waals surface area contributed by atoms with Crippen LogP contribution in [0.5, 0.6) is 5.75 Å². The van der Waals surface area contributed by atoms with E-state index < -0.39 is 5.38 Å². The van der Waals surface area contributed by atoms with Crippen LogP contribution in [-0.4, -0.2) is 22.8 Å². The molecule has 21 heavy (non-hydrogen) atoms. The topological polar surface area (TPSA) is 31.2 Å². The number of nitrogens with zero attached hydrogens (tertiary/aromatic N) is 1. The first kappa shape index (κ1) is 15.6. The lowest BCUT2D eigenvalue weighted by Crippen LogP contribution is -2.12. The third kappa shape index (κ3) is 2.81. The molecule has 1 heterocycles. The predicted octanol–water partition coefficient (Wildman–Crippen LogP) is 4.05. The van der Waals surface area contributed by atoms with Gasteiger partial charge in [0.25, 0.3) is 0 Å². The fraction of sp³-hybridized carbons (Fsp3) is 0.312. The molecule has 1 aromatic heterocycles. The fourth-order valence-electron chi connectivity index (χ4n) is 2.39. The van der Waals surface area contributed by atoms with E-state index >= 15 is 0 Å². The van der Waals surface area contributed by atoms with Gasteiger partial charge in [-0.3, -0.25) is 4.79 Å². The zero-order valence-corrected chi connectivity index (χ0v) is 13.2. The van der Waals surface area contributed by atoms with Gasteiger partial charge in [0.2, 0.25) is 0 Å². The largest absolute Gasteiger partial charge is 0.497 e. The second-order valence-corrected chi connectivity index (χ2v) is 5.57. The Bertz CT molecular complexity index is 692. The highest BCUT2D eigenvalue weighted by Crippen LogP contribution is 2.27. The van der Waals surface area contributed by atoms with Crippen molar-refractivity contribution in [2.45, 2.75) is 26.1 Å². The van der Waals surface area contributed by atoms with Crippen molar-refractivity contribution in [3.63, 3.8) is 0 Å². The summed E-state index contributed by atoms with van der Waals surface area (Å²) in [5.41, 5.74) is 2.29. The van der Waals surface area contributed by atoms with Gasteiger partial charge in [-0.1, -0.05) is 0 Å². The van der Waals surface area contributed by atoms with Crippen LogP contribution < -0.4 is 4.74 Å². The van der Waals surface area contributed by atoms with Gasteiger partial charge >= 0.3 is 0 Å². The van der Waals surface area contributed by atoms with E-state index in [2.05, 4.69) is 0 Å². The second-order valence-electron chi connectivity index (χ2n) is 4.92. The van der Waals surface area contributed by atoms with Crippen LogP contribution in [0.4, 0.5) is 4.39 Å². The molecule has 0 saturated heterocycles. The Morgan fingerprint density at radius 1 is 1.33 bits per heavy atom. The highest BCUT2D eigenvalue weighted by molar-refractivity contribution is 6.33. The van der Waals surface area contributed by atoms with Gasteiger partial charge in [-0.2, -0.15) is 0 Å². The van der Waals surface area contributed by atoms with Gasteiger partial charge in [0.15, 0.2) is 5.78 Å². The van der Waals surface area contributed by atoms with Crippen LogP contribution in [0, 0.1) is 19.7 Å². The van der Waals surface area contributed by atoms with E-state index in [1.54, 1.807) is 36.6 Å². The molecule has 0 spiro atoms. The molecule has 0 N–H and O–H groups in total. The van der Waals surface area contributed by atoms with Crippen LogP contribution in [0.25, 0.3) is 5.69 Å². The lowest BCUT2D eigenvalue weighted by molar-refractivity contribution is 0.0991. The summed E-state index contributed by atoms with van der Waals surface area (Å²) in [7, 11) is 1.52. The molecule has 0 aliphatic carbocycles. The van der Waals surface area contributed by atoms with Crippen molar-refractivity contribution in [2.24, 2.45) is 0 Å². The van der Waals surface area contributed by atoms with Gasteiger partial charge in [-0.15, -0.1) is 11.6 Å². The Morgan fingerprint density at radius 2 is 2.00 bits per heavy atom. The molecule has 1 atom stereocenters. The molecule has 0 saturated carbocycles. The highest BCUT2D eigenvalue weighted by Gasteiger charge is 2.21. The van der Waals surface area contributed by atoms with E-state index in [0.29, 0.717) is 22.7 Å². The molecule has 2 rings (SSSR count). The maximum absolute atomic E-state index is 14.1. The summed E-state index contributed by atoms with van der Waals surface area (Å²) in [5.74, 6) is 0.00679. The van der Waals surface area contributed by atoms with Gasteiger partial charge in [-0.25, -0.2) is 4.39 Å². The van der Waals surface area contributed by atoms with Gasteiger partial charge in [-0.05, 0) is 39.0 Å². The summed E-state index contributed by atoms with van der Waals surface area (Å²) < 4.78 is 21.0. The number of benzene rings is 1. The van der Waals surface area contributed by atoms with Crippen LogP contribution in [0.3, 0.4) is 0 Å². The molecule has 1 unspecified atom stereocenters. The number of hydrogen-bond acceptors (Lipinski definition) is 2. The number of ketones is 1. The number of Topliss-reactive ketones (excluding diaryl/α,β-unsaturated/α-hetero) is 1. The highest BCUT2D eigenvalue weighted by atomic mass is 35.5. The number of methoxy groups -OCH3 is 1. The third-order valence-electron chi connectivity index (χ3n) is 3.45. The first-order valence-electron chi connectivity index (χ1n) is 6.58. The van der Waals surface area contributed by atoms with Crippen LogP contribution in [-0.2, 0) is 0 Å². The van der Waals surface area contributed by atoms with Crippen molar-refractivity contribution in [3.8, 4) is 11.4 Å². The summed E-state index contributed by atoms with van der Waals surface area (Å²) in [6.45, 7) is 5.22. The minimum absolute atomic E-state index is 0.167. The van der Waals surface area contributed by atoms with Crippen molar-refractivity contribution in [1.29, 1.82) is 0 Å². The number of rotatable bonds is 4. The number of aromatic nitrogens is 1. The Labute approximate surface area is 128 Å². The zero-order valence-electron chi connectivity index (χ0n) is 12.4. The monoisotopic (exact) mass is 309 g/mol. The van der Waals surface area contributed by atoms with Crippen molar-refractivity contribution in [1.82, 2.24) is 4.57 Å². The maximum atomic E-state index is 14.1. The molecule has 3 nitrogen and oxygen atoms in total. The molecule has 0 fully saturated rings. The molecule has 1 aromatic carbocycles. The number of hydrogen-bond donors (Lipinski definition) is 0. The summed E-state index contributed by atoms with van der Waals surface area (Å²) in [6, 6.07) is 6.24. The molecule has 0 aliphatic heterocycles. The van der Waals surface area contributed by atoms with Gasteiger partial charge in [0, 0.05) is 23.0 Å². The first-order chi connectivity index (χ1) is 9.86. The van der Waals surface area contributed by atoms with Crippen LogP contribution in [0.15, 0.2) is 24.3 Å². The number of carbonyl (C=O) groups is 1. The zero-order chi connectivity index (χ0) is 15.7. The minimum atomic E-state index is -0.617. The summed E-state index contributed by atoms with van der Waals surface area (Å²) in [5, 5.41) is -0.617. The van der Waals surface area contributed by atoms with Crippen LogP contribution in [0.1, 0.15) is 28.7 Å². The van der Waals surface area contributed by atoms with Crippen molar-refractivity contribution in [2.75, 3.05) is 7.11 Å². The minimum Gasteiger partial charge on any atom is -0.497 e. The molecule has 0 radical (unpaired) electrons. The Morgan fingerprint density at radius 3 is 2.57 bits per heavy atom. The lowest BCUT2D eigenvalue weighted by atomic mass is 10.1. The number of ether oxygens (including phenoxy) is 1. The molecule has 0 bridgehead atoms. The van der Waals surface area contributed by atoms with Gasteiger partial charge in [0.1, 0.15) is 11.6 Å². The molecule has 2 aromatic rings. The van der Waals surface area contributed by atoms with Crippen molar-refractivity contribution >= 4 is 17.4 Å². The average molecular weight is 310 g/mol. The summed E-state index contributed by atoms with van der Waals surface area (Å²) in [6.07, 6.45) is 0. The molecule has 0 aliphatic rings. The lowest BCUT2D eigenvalue weighted by Gasteiger charge is -2.12. The summed E-state index contributed by atoms with van der Waals surface area (Å²) in [4.78, 5) is 12.1. The number of aryl methyl sites for hydroxylation is 1. The standard InChI is InChI=1S/C16H17ClFNO2/c1-9-7-13(16(20)10(2)17)11(3)19(9)15-8-12(21-4)5-6-14(15)18/h5-8,10H,1-4H3. The number of carbonyl (C=O) groups excluding carboxylic acids is 1. The van der Waals surface area contributed by atoms with E-state index in [9.17, 15) is 9.18 Å². The van der Waals surface area contributed by atoms with Crippen molar-refractivity contribution in [3.05, 3.63) is 47.0 Å². The van der Waals surface area contributed by atoms with Crippen LogP contribution >= 0.6 is 11.6 Å². The van der Waals surface area contributed by atoms with E-state index in [-0.39, 0.29) is 11.6 Å². The summed E-state index contributed by atoms with van der Waals surface area (Å²) >= 11 is 5.87. The molecular formula is C16H17ClFNO2. The van der Waals surface area contributed by atoms with Gasteiger partial charge < -0.3 is 9.30 Å². The number of halogens is 2. The normalized spacial score (nSPS) is 12.3. The molecule has 112 valence electrons. The fourth-order valence-corrected chi connectivity index (χ4v) is 2.51. The Hall–Kier alpha value is -1.81. The second kappa shape index (κ2) is 5.90. The Kier molecular flexibility index (Phi) is 4.37. The molecular weight excluding hydrogens is 293 g/mol. The predicted molar refractivity (Wildman–Crippen MR) is 81.4 cm³/mol. The maximum Gasteiger partial charge on any atom is 0.182 e. The van der Waals surface area contributed by atoms with Crippen LogP contribution in [0.2, 0.25) is 0 Å². The smallest absolute Gasteiger partial charge is 0.182 e. The quantitative estimate of drug-likeness (QED) is 0.630. The first-order valence-corrected chi connectivity index (χ1v) is 7.01. The SMILES string of the molecule is COc1ccc(F)c(-n2c(C)cc(C(=O)C(C)Cl)c2C)c1. The van der Waals surface area contributed by atoms with Crippen molar-refractivity contribution < 1.29 is 13.9 Å². The van der Waals surface area contributed by atoms with E-state index in [1.165, 1.54) is 13.2 Å². The molecule has 0 amide bonds. The van der Waals surface area contributed by atoms with Gasteiger partial charge in [0.05, 0.1) is 18.2 Å². The number of alkyl halides is 1.